The van der Waals surface area contributed by atoms with Crippen LogP contribution in [0, 0.1) is 0 Å². The maximum atomic E-state index is 13.7. The number of fused-ring (bicyclic) bond motifs is 1. The molecule has 1 saturated carbocycles. The van der Waals surface area contributed by atoms with Crippen LogP contribution in [0.5, 0.6) is 0 Å². The monoisotopic (exact) mass is 479 g/mol. The molecule has 2 aliphatic rings. The first-order valence-electron chi connectivity index (χ1n) is 12.2. The molecule has 1 aliphatic carbocycles. The van der Waals surface area contributed by atoms with Crippen LogP contribution in [0.15, 0.2) is 31.0 Å². The van der Waals surface area contributed by atoms with E-state index in [0.29, 0.717) is 25.3 Å². The highest BCUT2D eigenvalue weighted by Crippen LogP contribution is 2.49. The molecule has 188 valence electrons. The van der Waals surface area contributed by atoms with Crippen LogP contribution in [0.3, 0.4) is 0 Å². The number of aromatic nitrogens is 3. The van der Waals surface area contributed by atoms with E-state index in [-0.39, 0.29) is 17.4 Å². The molecule has 0 spiro atoms. The van der Waals surface area contributed by atoms with Crippen molar-refractivity contribution in [3.05, 3.63) is 47.9 Å². The molecule has 0 unspecified atom stereocenters. The van der Waals surface area contributed by atoms with Crippen LogP contribution in [-0.4, -0.2) is 67.2 Å². The number of imidazole rings is 1. The van der Waals surface area contributed by atoms with E-state index >= 15 is 0 Å². The molecule has 0 N–H and O–H groups in total. The first-order chi connectivity index (χ1) is 16.2. The third-order valence-electron chi connectivity index (χ3n) is 6.87. The van der Waals surface area contributed by atoms with E-state index in [2.05, 4.69) is 19.6 Å². The van der Waals surface area contributed by atoms with Gasteiger partial charge in [-0.2, -0.15) is 5.10 Å². The molecule has 2 aromatic rings. The van der Waals surface area contributed by atoms with Crippen molar-refractivity contribution in [1.29, 1.82) is 0 Å². The van der Waals surface area contributed by atoms with Crippen molar-refractivity contribution >= 4 is 23.2 Å². The van der Waals surface area contributed by atoms with Gasteiger partial charge in [0.1, 0.15) is 11.3 Å². The van der Waals surface area contributed by atoms with Gasteiger partial charge in [0.15, 0.2) is 5.65 Å². The predicted molar refractivity (Wildman–Crippen MR) is 136 cm³/mol. The Labute approximate surface area is 207 Å². The summed E-state index contributed by atoms with van der Waals surface area (Å²) in [5.41, 5.74) is 2.99. The Balaban J connectivity index is 1.63. The first-order valence-corrected chi connectivity index (χ1v) is 12.2. The van der Waals surface area contributed by atoms with E-state index in [1.807, 2.05) is 47.6 Å². The number of hydrogen-bond donors (Lipinski definition) is 0. The standard InChI is InChI=1S/C27H37N5O3/c1-9-10-18(2)20-15-19(27(8)11-12-27)22-28-21(16-32(22)29-20)23(33)31-14-13-30(17-26(31,6)7)24(34)35-25(3,4)5/h9-10,15-16H,1,11-14,17H2,2-8H3/b18-10+. The number of ether oxygens (including phenoxy) is 1. The van der Waals surface area contributed by atoms with E-state index in [4.69, 9.17) is 14.8 Å². The molecule has 0 atom stereocenters. The summed E-state index contributed by atoms with van der Waals surface area (Å²) in [6.07, 6.45) is 7.24. The highest BCUT2D eigenvalue weighted by molar-refractivity contribution is 5.94. The van der Waals surface area contributed by atoms with Crippen molar-refractivity contribution in [1.82, 2.24) is 24.4 Å². The quantitative estimate of drug-likeness (QED) is 0.586. The Bertz CT molecular complexity index is 1210. The fraction of sp³-hybridized carbons (Fsp3) is 0.556. The lowest BCUT2D eigenvalue weighted by Gasteiger charge is -2.46. The van der Waals surface area contributed by atoms with Gasteiger partial charge >= 0.3 is 6.09 Å². The van der Waals surface area contributed by atoms with Crippen molar-refractivity contribution < 1.29 is 14.3 Å². The Kier molecular flexibility index (Phi) is 6.06. The molecule has 0 aromatic carbocycles. The molecule has 35 heavy (non-hydrogen) atoms. The molecule has 2 aromatic heterocycles. The predicted octanol–water partition coefficient (Wildman–Crippen LogP) is 4.84. The van der Waals surface area contributed by atoms with Crippen LogP contribution in [0.2, 0.25) is 0 Å². The van der Waals surface area contributed by atoms with Crippen LogP contribution in [0.25, 0.3) is 11.2 Å². The Morgan fingerprint density at radius 2 is 1.83 bits per heavy atom. The van der Waals surface area contributed by atoms with Crippen LogP contribution >= 0.6 is 0 Å². The summed E-state index contributed by atoms with van der Waals surface area (Å²) in [5, 5.41) is 4.75. The van der Waals surface area contributed by atoms with E-state index in [0.717, 1.165) is 35.3 Å². The van der Waals surface area contributed by atoms with Gasteiger partial charge in [-0.1, -0.05) is 25.7 Å². The lowest BCUT2D eigenvalue weighted by molar-refractivity contribution is -0.0110. The third-order valence-corrected chi connectivity index (χ3v) is 6.87. The van der Waals surface area contributed by atoms with Gasteiger partial charge in [-0.3, -0.25) is 4.79 Å². The Morgan fingerprint density at radius 3 is 2.40 bits per heavy atom. The fourth-order valence-corrected chi connectivity index (χ4v) is 4.59. The average molecular weight is 480 g/mol. The minimum atomic E-state index is -0.574. The van der Waals surface area contributed by atoms with E-state index in [1.54, 1.807) is 26.6 Å². The highest BCUT2D eigenvalue weighted by Gasteiger charge is 2.43. The number of amides is 2. The maximum Gasteiger partial charge on any atom is 0.410 e. The number of carbonyl (C=O) groups excluding carboxylic acids is 2. The van der Waals surface area contributed by atoms with Crippen LogP contribution in [-0.2, 0) is 10.2 Å². The van der Waals surface area contributed by atoms with Crippen LogP contribution < -0.4 is 0 Å². The van der Waals surface area contributed by atoms with Gasteiger partial charge in [0.2, 0.25) is 0 Å². The summed E-state index contributed by atoms with van der Waals surface area (Å²) in [6.45, 7) is 18.7. The summed E-state index contributed by atoms with van der Waals surface area (Å²) in [4.78, 5) is 34.5. The molecular weight excluding hydrogens is 442 g/mol. The van der Waals surface area contributed by atoms with Crippen LogP contribution in [0.1, 0.15) is 83.1 Å². The molecule has 8 nitrogen and oxygen atoms in total. The van der Waals surface area contributed by atoms with Gasteiger partial charge in [0.25, 0.3) is 5.91 Å². The number of piperazine rings is 1. The van der Waals surface area contributed by atoms with E-state index in [1.165, 1.54) is 0 Å². The molecule has 1 saturated heterocycles. The van der Waals surface area contributed by atoms with E-state index in [9.17, 15) is 9.59 Å². The van der Waals surface area contributed by atoms with Gasteiger partial charge in [0.05, 0.1) is 17.4 Å². The Morgan fingerprint density at radius 1 is 1.14 bits per heavy atom. The fourth-order valence-electron chi connectivity index (χ4n) is 4.59. The zero-order valence-corrected chi connectivity index (χ0v) is 22.0. The number of hydrogen-bond acceptors (Lipinski definition) is 5. The third kappa shape index (κ3) is 4.97. The highest BCUT2D eigenvalue weighted by atomic mass is 16.6. The largest absolute Gasteiger partial charge is 0.444 e. The van der Waals surface area contributed by atoms with Crippen molar-refractivity contribution in [2.45, 2.75) is 77.9 Å². The molecule has 2 fully saturated rings. The molecule has 8 heteroatoms. The van der Waals surface area contributed by atoms with Crippen LogP contribution in [0.4, 0.5) is 4.79 Å². The molecule has 3 heterocycles. The summed E-state index contributed by atoms with van der Waals surface area (Å²) in [7, 11) is 0. The minimum Gasteiger partial charge on any atom is -0.444 e. The molecular formula is C27H37N5O3. The van der Waals surface area contributed by atoms with Crippen molar-refractivity contribution in [3.63, 3.8) is 0 Å². The lowest BCUT2D eigenvalue weighted by atomic mass is 9.98. The van der Waals surface area contributed by atoms with Crippen molar-refractivity contribution in [3.8, 4) is 0 Å². The minimum absolute atomic E-state index is 0.0530. The van der Waals surface area contributed by atoms with Crippen molar-refractivity contribution in [2.24, 2.45) is 0 Å². The summed E-state index contributed by atoms with van der Waals surface area (Å²) in [5.74, 6) is -0.156. The molecule has 0 radical (unpaired) electrons. The number of rotatable bonds is 4. The maximum absolute atomic E-state index is 13.7. The number of carbonyl (C=O) groups is 2. The van der Waals surface area contributed by atoms with Gasteiger partial charge in [-0.15, -0.1) is 0 Å². The second kappa shape index (κ2) is 8.50. The van der Waals surface area contributed by atoms with Gasteiger partial charge in [-0.05, 0) is 71.4 Å². The smallest absolute Gasteiger partial charge is 0.410 e. The summed E-state index contributed by atoms with van der Waals surface area (Å²) < 4.78 is 7.28. The summed E-state index contributed by atoms with van der Waals surface area (Å²) in [6, 6.07) is 2.10. The average Bonchev–Trinajstić information content (AvgIpc) is 3.35. The number of allylic oxidation sites excluding steroid dienone is 3. The molecule has 4 rings (SSSR count). The summed E-state index contributed by atoms with van der Waals surface area (Å²) >= 11 is 0. The first kappa shape index (κ1) is 24.9. The normalized spacial score (nSPS) is 19.6. The molecule has 0 bridgehead atoms. The van der Waals surface area contributed by atoms with Gasteiger partial charge < -0.3 is 14.5 Å². The second-order valence-electron chi connectivity index (χ2n) is 11.7. The topological polar surface area (TPSA) is 80.0 Å². The number of nitrogens with zero attached hydrogens (tertiary/aromatic N) is 5. The van der Waals surface area contributed by atoms with Crippen molar-refractivity contribution in [2.75, 3.05) is 19.6 Å². The second-order valence-corrected chi connectivity index (χ2v) is 11.7. The SMILES string of the molecule is C=C/C=C(\C)c1cc(C2(C)CC2)c2nc(C(=O)N3CCN(C(=O)OC(C)(C)C)CC3(C)C)cn2n1. The van der Waals surface area contributed by atoms with Gasteiger partial charge in [-0.25, -0.2) is 14.3 Å². The van der Waals surface area contributed by atoms with Gasteiger partial charge in [0, 0.05) is 25.2 Å². The molecule has 2 amide bonds. The Hall–Kier alpha value is -3.16. The van der Waals surface area contributed by atoms with E-state index < -0.39 is 11.1 Å². The zero-order valence-electron chi connectivity index (χ0n) is 22.0. The lowest BCUT2D eigenvalue weighted by Crippen LogP contribution is -2.62. The molecule has 1 aliphatic heterocycles. The zero-order chi connectivity index (χ0) is 25.8.